The smallest absolute Gasteiger partial charge is 0.0578 e. The molecule has 0 saturated heterocycles. The summed E-state index contributed by atoms with van der Waals surface area (Å²) in [6.45, 7) is 2.25. The van der Waals surface area contributed by atoms with Crippen molar-refractivity contribution in [1.29, 1.82) is 0 Å². The third-order valence-electron chi connectivity index (χ3n) is 4.35. The van der Waals surface area contributed by atoms with Crippen LogP contribution in [0.4, 0.5) is 5.69 Å². The van der Waals surface area contributed by atoms with E-state index in [-0.39, 0.29) is 0 Å². The molecule has 0 bridgehead atoms. The number of hydrogen-bond donors (Lipinski definition) is 1. The molecule has 2 heteroatoms. The molecule has 1 aromatic heterocycles. The first-order valence-electron chi connectivity index (χ1n) is 7.66. The second-order valence-electron chi connectivity index (χ2n) is 5.89. The van der Waals surface area contributed by atoms with Crippen molar-refractivity contribution in [2.75, 3.05) is 5.32 Å². The lowest BCUT2D eigenvalue weighted by Gasteiger charge is -2.14. The minimum atomic E-state index is 0.349. The van der Waals surface area contributed by atoms with E-state index < -0.39 is 0 Å². The molecule has 1 unspecified atom stereocenters. The first-order chi connectivity index (χ1) is 10.3. The third-order valence-corrected chi connectivity index (χ3v) is 5.65. The van der Waals surface area contributed by atoms with Gasteiger partial charge in [-0.05, 0) is 67.0 Å². The number of rotatable bonds is 3. The van der Waals surface area contributed by atoms with Gasteiger partial charge < -0.3 is 5.32 Å². The van der Waals surface area contributed by atoms with Crippen LogP contribution in [0.15, 0.2) is 48.5 Å². The first kappa shape index (κ1) is 12.9. The average molecular weight is 293 g/mol. The summed E-state index contributed by atoms with van der Waals surface area (Å²) in [4.78, 5) is 1.40. The molecule has 4 rings (SSSR count). The molecule has 0 saturated carbocycles. The molecule has 1 heterocycles. The maximum atomic E-state index is 3.66. The Morgan fingerprint density at radius 2 is 1.86 bits per heavy atom. The fourth-order valence-electron chi connectivity index (χ4n) is 3.20. The zero-order valence-corrected chi connectivity index (χ0v) is 13.0. The van der Waals surface area contributed by atoms with Crippen LogP contribution in [0.3, 0.4) is 0 Å². The lowest BCUT2D eigenvalue weighted by Crippen LogP contribution is -2.05. The van der Waals surface area contributed by atoms with Gasteiger partial charge in [-0.15, -0.1) is 11.3 Å². The van der Waals surface area contributed by atoms with Crippen molar-refractivity contribution in [3.63, 3.8) is 0 Å². The van der Waals surface area contributed by atoms with Crippen molar-refractivity contribution < 1.29 is 0 Å². The average Bonchev–Trinajstić information content (AvgIpc) is 3.13. The molecule has 3 aromatic rings. The Morgan fingerprint density at radius 1 is 1.00 bits per heavy atom. The van der Waals surface area contributed by atoms with Gasteiger partial charge in [0, 0.05) is 15.3 Å². The molecule has 1 nitrogen and oxygen atoms in total. The first-order valence-corrected chi connectivity index (χ1v) is 8.48. The summed E-state index contributed by atoms with van der Waals surface area (Å²) in [5, 5.41) is 5.01. The molecule has 21 heavy (non-hydrogen) atoms. The summed E-state index contributed by atoms with van der Waals surface area (Å²) in [7, 11) is 0. The molecule has 0 fully saturated rings. The monoisotopic (exact) mass is 293 g/mol. The molecule has 1 N–H and O–H groups in total. The van der Waals surface area contributed by atoms with E-state index in [2.05, 4.69) is 60.8 Å². The molecule has 1 aliphatic carbocycles. The predicted molar refractivity (Wildman–Crippen MR) is 92.3 cm³/mol. The largest absolute Gasteiger partial charge is 0.378 e. The fourth-order valence-corrected chi connectivity index (χ4v) is 4.27. The summed E-state index contributed by atoms with van der Waals surface area (Å²) in [6, 6.07) is 18.1. The van der Waals surface area contributed by atoms with E-state index in [1.54, 1.807) is 0 Å². The van der Waals surface area contributed by atoms with Gasteiger partial charge in [0.2, 0.25) is 0 Å². The Morgan fingerprint density at radius 3 is 2.76 bits per heavy atom. The van der Waals surface area contributed by atoms with Crippen molar-refractivity contribution >= 4 is 27.1 Å². The fraction of sp³-hybridized carbons (Fsp3) is 0.263. The minimum Gasteiger partial charge on any atom is -0.378 e. The number of anilines is 1. The van der Waals surface area contributed by atoms with Crippen LogP contribution in [0.5, 0.6) is 0 Å². The van der Waals surface area contributed by atoms with Gasteiger partial charge in [0.15, 0.2) is 0 Å². The number of hydrogen-bond acceptors (Lipinski definition) is 2. The lowest BCUT2D eigenvalue weighted by atomic mass is 10.1. The summed E-state index contributed by atoms with van der Waals surface area (Å²) in [6.07, 6.45) is 3.80. The van der Waals surface area contributed by atoms with Crippen LogP contribution in [0.25, 0.3) is 10.1 Å². The lowest BCUT2D eigenvalue weighted by molar-refractivity contribution is 0.905. The Bertz CT molecular complexity index is 754. The maximum absolute atomic E-state index is 3.66. The Labute approximate surface area is 129 Å². The maximum Gasteiger partial charge on any atom is 0.0578 e. The molecule has 1 aliphatic rings. The van der Waals surface area contributed by atoms with Gasteiger partial charge in [-0.25, -0.2) is 0 Å². The number of benzene rings is 2. The second kappa shape index (κ2) is 5.19. The van der Waals surface area contributed by atoms with Gasteiger partial charge >= 0.3 is 0 Å². The van der Waals surface area contributed by atoms with E-state index >= 15 is 0 Å². The Balaban J connectivity index is 1.58. The Kier molecular flexibility index (Phi) is 3.19. The quantitative estimate of drug-likeness (QED) is 0.666. The molecule has 0 amide bonds. The molecule has 0 spiro atoms. The number of fused-ring (bicyclic) bond motifs is 2. The summed E-state index contributed by atoms with van der Waals surface area (Å²) < 4.78 is 1.37. The highest BCUT2D eigenvalue weighted by atomic mass is 32.1. The molecule has 106 valence electrons. The molecule has 0 aliphatic heterocycles. The van der Waals surface area contributed by atoms with Crippen molar-refractivity contribution in [2.45, 2.75) is 32.2 Å². The SMILES string of the molecule is CC(Nc1ccc2c(c1)CCC2)c1cc2ccccc2s1. The van der Waals surface area contributed by atoms with Crippen molar-refractivity contribution in [3.05, 3.63) is 64.5 Å². The summed E-state index contributed by atoms with van der Waals surface area (Å²) in [5.74, 6) is 0. The normalized spacial score (nSPS) is 15.1. The predicted octanol–water partition coefficient (Wildman–Crippen LogP) is 5.56. The van der Waals surface area contributed by atoms with Crippen LogP contribution >= 0.6 is 11.3 Å². The highest BCUT2D eigenvalue weighted by molar-refractivity contribution is 7.19. The van der Waals surface area contributed by atoms with Crippen molar-refractivity contribution in [3.8, 4) is 0 Å². The van der Waals surface area contributed by atoms with Crippen LogP contribution in [-0.2, 0) is 12.8 Å². The number of aryl methyl sites for hydroxylation is 2. The van der Waals surface area contributed by atoms with Gasteiger partial charge in [0.05, 0.1) is 6.04 Å². The van der Waals surface area contributed by atoms with E-state index in [1.165, 1.54) is 51.0 Å². The zero-order valence-electron chi connectivity index (χ0n) is 12.2. The van der Waals surface area contributed by atoms with Crippen LogP contribution < -0.4 is 5.32 Å². The second-order valence-corrected chi connectivity index (χ2v) is 7.01. The van der Waals surface area contributed by atoms with Crippen molar-refractivity contribution in [1.82, 2.24) is 0 Å². The molecule has 0 radical (unpaired) electrons. The summed E-state index contributed by atoms with van der Waals surface area (Å²) in [5.41, 5.74) is 4.32. The minimum absolute atomic E-state index is 0.349. The van der Waals surface area contributed by atoms with Gasteiger partial charge in [-0.3, -0.25) is 0 Å². The van der Waals surface area contributed by atoms with Gasteiger partial charge in [-0.2, -0.15) is 0 Å². The molecular formula is C19H19NS. The van der Waals surface area contributed by atoms with E-state index in [1.807, 2.05) is 11.3 Å². The van der Waals surface area contributed by atoms with E-state index in [4.69, 9.17) is 0 Å². The van der Waals surface area contributed by atoms with Gasteiger partial charge in [0.1, 0.15) is 0 Å². The third kappa shape index (κ3) is 2.44. The van der Waals surface area contributed by atoms with Crippen LogP contribution in [0, 0.1) is 0 Å². The zero-order chi connectivity index (χ0) is 14.2. The summed E-state index contributed by atoms with van der Waals surface area (Å²) >= 11 is 1.89. The van der Waals surface area contributed by atoms with Gasteiger partial charge in [-0.1, -0.05) is 24.3 Å². The van der Waals surface area contributed by atoms with Crippen LogP contribution in [0.2, 0.25) is 0 Å². The highest BCUT2D eigenvalue weighted by Gasteiger charge is 2.13. The highest BCUT2D eigenvalue weighted by Crippen LogP contribution is 2.32. The van der Waals surface area contributed by atoms with E-state index in [0.717, 1.165) is 0 Å². The van der Waals surface area contributed by atoms with Crippen LogP contribution in [0.1, 0.15) is 35.4 Å². The number of thiophene rings is 1. The molecule has 1 atom stereocenters. The Hall–Kier alpha value is -1.80. The standard InChI is InChI=1S/C19H19NS/c1-13(19-12-16-5-2-3-8-18(16)21-19)20-17-10-9-14-6-4-7-15(14)11-17/h2-3,5,8-13,20H,4,6-7H2,1H3. The van der Waals surface area contributed by atoms with E-state index in [9.17, 15) is 0 Å². The molecule has 2 aromatic carbocycles. The van der Waals surface area contributed by atoms with Gasteiger partial charge in [0.25, 0.3) is 0 Å². The number of nitrogens with one attached hydrogen (secondary N) is 1. The van der Waals surface area contributed by atoms with Crippen molar-refractivity contribution in [2.24, 2.45) is 0 Å². The van der Waals surface area contributed by atoms with Crippen LogP contribution in [-0.4, -0.2) is 0 Å². The molecular weight excluding hydrogens is 274 g/mol. The van der Waals surface area contributed by atoms with E-state index in [0.29, 0.717) is 6.04 Å². The topological polar surface area (TPSA) is 12.0 Å².